The van der Waals surface area contributed by atoms with Gasteiger partial charge in [0.1, 0.15) is 11.4 Å². The summed E-state index contributed by atoms with van der Waals surface area (Å²) in [7, 11) is 1.56. The number of benzene rings is 1. The molecule has 1 aromatic carbocycles. The maximum absolute atomic E-state index is 11.0. The van der Waals surface area contributed by atoms with Crippen LogP contribution in [0.5, 0.6) is 5.75 Å². The molecule has 0 spiro atoms. The zero-order valence-corrected chi connectivity index (χ0v) is 11.4. The summed E-state index contributed by atoms with van der Waals surface area (Å²) in [5, 5.41) is 13.1. The monoisotopic (exact) mass is 310 g/mol. The number of carboxylic acid groups (broad SMARTS) is 1. The number of hydrogen-bond acceptors (Lipinski definition) is 3. The Kier molecular flexibility index (Phi) is 3.38. The highest BCUT2D eigenvalue weighted by Crippen LogP contribution is 2.28. The molecule has 1 aromatic heterocycles. The predicted molar refractivity (Wildman–Crippen MR) is 69.5 cm³/mol. The number of halogens is 1. The number of para-hydroxylation sites is 2. The number of carbonyl (C=O) groups is 1. The lowest BCUT2D eigenvalue weighted by Crippen LogP contribution is -2.03. The molecule has 0 bridgehead atoms. The van der Waals surface area contributed by atoms with Crippen LogP contribution in [0.3, 0.4) is 0 Å². The third-order valence-corrected chi connectivity index (χ3v) is 3.51. The third kappa shape index (κ3) is 1.99. The molecule has 0 aliphatic carbocycles. The zero-order valence-electron chi connectivity index (χ0n) is 9.85. The molecule has 2 rings (SSSR count). The summed E-state index contributed by atoms with van der Waals surface area (Å²) in [5.41, 5.74) is 1.39. The SMILES string of the molecule is COc1ccccc1-n1nc(C(=O)O)c(Br)c1C. The van der Waals surface area contributed by atoms with Crippen molar-refractivity contribution in [3.63, 3.8) is 0 Å². The van der Waals surface area contributed by atoms with Crippen LogP contribution in [0.15, 0.2) is 28.7 Å². The first kappa shape index (κ1) is 12.6. The van der Waals surface area contributed by atoms with Gasteiger partial charge in [0.25, 0.3) is 0 Å². The second kappa shape index (κ2) is 4.81. The lowest BCUT2D eigenvalue weighted by atomic mass is 10.3. The van der Waals surface area contributed by atoms with Gasteiger partial charge in [0, 0.05) is 0 Å². The minimum absolute atomic E-state index is 0.0154. The second-order valence-electron chi connectivity index (χ2n) is 3.64. The van der Waals surface area contributed by atoms with Gasteiger partial charge >= 0.3 is 5.97 Å². The van der Waals surface area contributed by atoms with Crippen LogP contribution < -0.4 is 4.74 Å². The maximum atomic E-state index is 11.0. The molecule has 0 amide bonds. The molecule has 0 atom stereocenters. The highest BCUT2D eigenvalue weighted by Gasteiger charge is 2.20. The number of aromatic nitrogens is 2. The van der Waals surface area contributed by atoms with Crippen LogP contribution in [0, 0.1) is 6.92 Å². The Balaban J connectivity index is 2.65. The van der Waals surface area contributed by atoms with Crippen LogP contribution in [0.2, 0.25) is 0 Å². The fraction of sp³-hybridized carbons (Fsp3) is 0.167. The molecule has 18 heavy (non-hydrogen) atoms. The van der Waals surface area contributed by atoms with Crippen molar-refractivity contribution in [1.29, 1.82) is 0 Å². The van der Waals surface area contributed by atoms with Crippen molar-refractivity contribution in [2.24, 2.45) is 0 Å². The highest BCUT2D eigenvalue weighted by molar-refractivity contribution is 9.10. The van der Waals surface area contributed by atoms with Gasteiger partial charge in [-0.3, -0.25) is 0 Å². The maximum Gasteiger partial charge on any atom is 0.357 e. The number of nitrogens with zero attached hydrogens (tertiary/aromatic N) is 2. The first-order valence-corrected chi connectivity index (χ1v) is 5.97. The third-order valence-electron chi connectivity index (χ3n) is 2.56. The van der Waals surface area contributed by atoms with E-state index < -0.39 is 5.97 Å². The number of methoxy groups -OCH3 is 1. The van der Waals surface area contributed by atoms with Gasteiger partial charge in [-0.2, -0.15) is 5.10 Å². The Morgan fingerprint density at radius 3 is 2.67 bits per heavy atom. The Hall–Kier alpha value is -1.82. The lowest BCUT2D eigenvalue weighted by molar-refractivity contribution is 0.0689. The van der Waals surface area contributed by atoms with Crippen molar-refractivity contribution >= 4 is 21.9 Å². The van der Waals surface area contributed by atoms with Crippen LogP contribution >= 0.6 is 15.9 Å². The number of carboxylic acids is 1. The first-order valence-electron chi connectivity index (χ1n) is 5.18. The quantitative estimate of drug-likeness (QED) is 0.946. The van der Waals surface area contributed by atoms with E-state index in [1.165, 1.54) is 0 Å². The van der Waals surface area contributed by atoms with E-state index >= 15 is 0 Å². The van der Waals surface area contributed by atoms with Crippen molar-refractivity contribution in [2.45, 2.75) is 6.92 Å². The van der Waals surface area contributed by atoms with Gasteiger partial charge in [-0.25, -0.2) is 9.48 Å². The van der Waals surface area contributed by atoms with E-state index in [0.29, 0.717) is 21.6 Å². The summed E-state index contributed by atoms with van der Waals surface area (Å²) in [5.74, 6) is -0.439. The second-order valence-corrected chi connectivity index (χ2v) is 4.43. The zero-order chi connectivity index (χ0) is 13.3. The van der Waals surface area contributed by atoms with E-state index in [9.17, 15) is 4.79 Å². The highest BCUT2D eigenvalue weighted by atomic mass is 79.9. The Morgan fingerprint density at radius 2 is 2.11 bits per heavy atom. The van der Waals surface area contributed by atoms with E-state index in [1.54, 1.807) is 24.8 Å². The van der Waals surface area contributed by atoms with Crippen molar-refractivity contribution < 1.29 is 14.6 Å². The number of hydrogen-bond donors (Lipinski definition) is 1. The van der Waals surface area contributed by atoms with E-state index in [-0.39, 0.29) is 5.69 Å². The van der Waals surface area contributed by atoms with E-state index in [2.05, 4.69) is 21.0 Å². The molecular weight excluding hydrogens is 300 g/mol. The molecule has 0 radical (unpaired) electrons. The van der Waals surface area contributed by atoms with Crippen molar-refractivity contribution in [2.75, 3.05) is 7.11 Å². The molecular formula is C12H11BrN2O3. The van der Waals surface area contributed by atoms with Crippen LogP contribution in [0.1, 0.15) is 16.2 Å². The molecule has 0 unspecified atom stereocenters. The molecule has 0 saturated heterocycles. The van der Waals surface area contributed by atoms with Gasteiger partial charge in [-0.15, -0.1) is 0 Å². The van der Waals surface area contributed by atoms with Crippen LogP contribution in [0.4, 0.5) is 0 Å². The summed E-state index contributed by atoms with van der Waals surface area (Å²) in [6.45, 7) is 1.79. The van der Waals surface area contributed by atoms with E-state index in [4.69, 9.17) is 9.84 Å². The Bertz CT molecular complexity index is 607. The number of rotatable bonds is 3. The smallest absolute Gasteiger partial charge is 0.357 e. The molecule has 0 saturated carbocycles. The number of ether oxygens (including phenoxy) is 1. The molecule has 1 N–H and O–H groups in total. The van der Waals surface area contributed by atoms with E-state index in [1.807, 2.05) is 18.2 Å². The van der Waals surface area contributed by atoms with Gasteiger partial charge in [-0.1, -0.05) is 12.1 Å². The molecule has 0 fully saturated rings. The van der Waals surface area contributed by atoms with Crippen molar-refractivity contribution in [3.05, 3.63) is 40.1 Å². The summed E-state index contributed by atoms with van der Waals surface area (Å²) in [6, 6.07) is 7.29. The largest absolute Gasteiger partial charge is 0.494 e. The summed E-state index contributed by atoms with van der Waals surface area (Å²) >= 11 is 3.24. The fourth-order valence-corrected chi connectivity index (χ4v) is 2.08. The minimum Gasteiger partial charge on any atom is -0.494 e. The van der Waals surface area contributed by atoms with Gasteiger partial charge in [0.05, 0.1) is 17.3 Å². The molecule has 94 valence electrons. The standard InChI is InChI=1S/C12H11BrN2O3/c1-7-10(13)11(12(16)17)14-15(7)8-5-3-4-6-9(8)18-2/h3-6H,1-2H3,(H,16,17). The fourth-order valence-electron chi connectivity index (χ4n) is 1.66. The Morgan fingerprint density at radius 1 is 1.44 bits per heavy atom. The van der Waals surface area contributed by atoms with E-state index in [0.717, 1.165) is 0 Å². The Labute approximate surface area is 112 Å². The summed E-state index contributed by atoms with van der Waals surface area (Å²) in [6.07, 6.45) is 0. The summed E-state index contributed by atoms with van der Waals surface area (Å²) < 4.78 is 7.26. The first-order chi connectivity index (χ1) is 8.56. The van der Waals surface area contributed by atoms with Crippen LogP contribution in [0.25, 0.3) is 5.69 Å². The molecule has 1 heterocycles. The number of aromatic carboxylic acids is 1. The molecule has 0 aliphatic heterocycles. The van der Waals surface area contributed by atoms with Crippen LogP contribution in [-0.4, -0.2) is 28.0 Å². The molecule has 0 aliphatic rings. The summed E-state index contributed by atoms with van der Waals surface area (Å²) in [4.78, 5) is 11.0. The van der Waals surface area contributed by atoms with Crippen LogP contribution in [-0.2, 0) is 0 Å². The van der Waals surface area contributed by atoms with Gasteiger partial charge < -0.3 is 9.84 Å². The molecule has 6 heteroatoms. The molecule has 2 aromatic rings. The minimum atomic E-state index is -1.07. The predicted octanol–water partition coefficient (Wildman–Crippen LogP) is 2.65. The van der Waals surface area contributed by atoms with Gasteiger partial charge in [0.2, 0.25) is 0 Å². The van der Waals surface area contributed by atoms with Gasteiger partial charge in [0.15, 0.2) is 5.69 Å². The lowest BCUT2D eigenvalue weighted by Gasteiger charge is -2.09. The normalized spacial score (nSPS) is 10.4. The molecule has 5 nitrogen and oxygen atoms in total. The van der Waals surface area contributed by atoms with Gasteiger partial charge in [-0.05, 0) is 35.0 Å². The van der Waals surface area contributed by atoms with Crippen molar-refractivity contribution in [3.8, 4) is 11.4 Å². The average Bonchev–Trinajstić information content (AvgIpc) is 2.66. The average molecular weight is 311 g/mol. The topological polar surface area (TPSA) is 64.4 Å². The van der Waals surface area contributed by atoms with Crippen molar-refractivity contribution in [1.82, 2.24) is 9.78 Å².